The van der Waals surface area contributed by atoms with E-state index in [2.05, 4.69) is 26.1 Å². The van der Waals surface area contributed by atoms with Gasteiger partial charge in [-0.3, -0.25) is 4.79 Å². The van der Waals surface area contributed by atoms with Crippen LogP contribution in [0.2, 0.25) is 10.0 Å². The molecule has 0 saturated carbocycles. The van der Waals surface area contributed by atoms with Crippen LogP contribution in [-0.4, -0.2) is 16.4 Å². The Hall–Kier alpha value is -0.380. The van der Waals surface area contributed by atoms with Crippen molar-refractivity contribution in [2.45, 2.75) is 38.5 Å². The van der Waals surface area contributed by atoms with E-state index >= 15 is 0 Å². The molecule has 0 saturated heterocycles. The minimum atomic E-state index is -0.127. The third-order valence-corrected chi connectivity index (χ3v) is 4.28. The first kappa shape index (κ1) is 16.7. The molecule has 0 aliphatic heterocycles. The Morgan fingerprint density at radius 3 is 2.53 bits per heavy atom. The number of halogens is 2. The van der Waals surface area contributed by atoms with E-state index in [1.807, 2.05) is 13.0 Å². The van der Waals surface area contributed by atoms with Crippen LogP contribution in [-0.2, 0) is 4.79 Å². The third kappa shape index (κ3) is 6.07. The summed E-state index contributed by atoms with van der Waals surface area (Å²) in [5, 5.41) is 4.11. The van der Waals surface area contributed by atoms with Gasteiger partial charge in [0.15, 0.2) is 0 Å². The first-order valence-electron chi connectivity index (χ1n) is 6.07. The molecular weight excluding hydrogens is 301 g/mol. The van der Waals surface area contributed by atoms with Gasteiger partial charge in [-0.1, -0.05) is 50.0 Å². The van der Waals surface area contributed by atoms with Gasteiger partial charge in [0.2, 0.25) is 5.91 Å². The van der Waals surface area contributed by atoms with Crippen LogP contribution in [0, 0.1) is 0 Å². The summed E-state index contributed by atoms with van der Waals surface area (Å²) >= 11 is 13.6. The van der Waals surface area contributed by atoms with Gasteiger partial charge in [-0.05, 0) is 24.6 Å². The van der Waals surface area contributed by atoms with Crippen LogP contribution < -0.4 is 5.32 Å². The molecule has 1 aromatic rings. The van der Waals surface area contributed by atoms with Crippen molar-refractivity contribution in [3.05, 3.63) is 33.8 Å². The molecule has 19 heavy (non-hydrogen) atoms. The molecule has 1 amide bonds. The minimum absolute atomic E-state index is 0.0124. The average Bonchev–Trinajstić information content (AvgIpc) is 2.25. The molecule has 0 aliphatic carbocycles. The molecular formula is C14H19Cl2NOS. The number of carbonyl (C=O) groups excluding carboxylic acids is 1. The number of benzene rings is 1. The second-order valence-electron chi connectivity index (χ2n) is 5.36. The highest BCUT2D eigenvalue weighted by Gasteiger charge is 2.16. The lowest BCUT2D eigenvalue weighted by Crippen LogP contribution is -2.29. The van der Waals surface area contributed by atoms with E-state index in [1.165, 1.54) is 0 Å². The maximum atomic E-state index is 11.9. The highest BCUT2D eigenvalue weighted by atomic mass is 35.5. The van der Waals surface area contributed by atoms with E-state index in [0.717, 1.165) is 5.56 Å². The Morgan fingerprint density at radius 1 is 1.37 bits per heavy atom. The number of carbonyl (C=O) groups is 1. The zero-order valence-corrected chi connectivity index (χ0v) is 13.9. The molecule has 0 fully saturated rings. The van der Waals surface area contributed by atoms with Gasteiger partial charge >= 0.3 is 0 Å². The van der Waals surface area contributed by atoms with Crippen molar-refractivity contribution >= 4 is 40.9 Å². The molecule has 1 rings (SSSR count). The van der Waals surface area contributed by atoms with Crippen molar-refractivity contribution in [3.8, 4) is 0 Å². The van der Waals surface area contributed by atoms with Gasteiger partial charge in [-0.2, -0.15) is 0 Å². The molecule has 0 aliphatic rings. The van der Waals surface area contributed by atoms with Crippen LogP contribution in [0.25, 0.3) is 0 Å². The Labute approximate surface area is 129 Å². The summed E-state index contributed by atoms with van der Waals surface area (Å²) in [6, 6.07) is 5.17. The number of hydrogen-bond donors (Lipinski definition) is 1. The van der Waals surface area contributed by atoms with E-state index in [0.29, 0.717) is 15.8 Å². The summed E-state index contributed by atoms with van der Waals surface area (Å²) in [7, 11) is 0. The quantitative estimate of drug-likeness (QED) is 0.871. The number of amides is 1. The summed E-state index contributed by atoms with van der Waals surface area (Å²) in [6.45, 7) is 8.17. The first-order valence-corrected chi connectivity index (χ1v) is 7.81. The molecule has 0 bridgehead atoms. The van der Waals surface area contributed by atoms with Crippen LogP contribution in [0.15, 0.2) is 18.2 Å². The van der Waals surface area contributed by atoms with E-state index in [4.69, 9.17) is 23.2 Å². The van der Waals surface area contributed by atoms with Crippen LogP contribution in [0.4, 0.5) is 0 Å². The molecule has 106 valence electrons. The van der Waals surface area contributed by atoms with Crippen LogP contribution in [0.3, 0.4) is 0 Å². The van der Waals surface area contributed by atoms with Crippen LogP contribution in [0.1, 0.15) is 39.3 Å². The normalized spacial score (nSPS) is 13.2. The van der Waals surface area contributed by atoms with Gasteiger partial charge in [-0.15, -0.1) is 11.8 Å². The van der Waals surface area contributed by atoms with Gasteiger partial charge in [0.1, 0.15) is 0 Å². The molecule has 1 N–H and O–H groups in total. The summed E-state index contributed by atoms with van der Waals surface area (Å²) in [5.74, 6) is 0.456. The van der Waals surface area contributed by atoms with E-state index in [1.54, 1.807) is 23.9 Å². The van der Waals surface area contributed by atoms with E-state index in [-0.39, 0.29) is 16.7 Å². The number of hydrogen-bond acceptors (Lipinski definition) is 2. The Bertz CT molecular complexity index is 457. The van der Waals surface area contributed by atoms with Crippen LogP contribution in [0.5, 0.6) is 0 Å². The predicted octanol–water partition coefficient (Wildman–Crippen LogP) is 4.70. The van der Waals surface area contributed by atoms with Gasteiger partial charge in [-0.25, -0.2) is 0 Å². The molecule has 0 spiro atoms. The van der Waals surface area contributed by atoms with Crippen molar-refractivity contribution in [1.29, 1.82) is 0 Å². The highest BCUT2D eigenvalue weighted by Crippen LogP contribution is 2.27. The molecule has 0 radical (unpaired) electrons. The highest BCUT2D eigenvalue weighted by molar-refractivity contribution is 8.01. The Kier molecular flexibility index (Phi) is 6.03. The monoisotopic (exact) mass is 319 g/mol. The molecule has 1 atom stereocenters. The number of rotatable bonds is 4. The smallest absolute Gasteiger partial charge is 0.230 e. The number of thioether (sulfide) groups is 1. The minimum Gasteiger partial charge on any atom is -0.349 e. The van der Waals surface area contributed by atoms with Crippen molar-refractivity contribution < 1.29 is 4.79 Å². The lowest BCUT2D eigenvalue weighted by molar-refractivity contribution is -0.119. The topological polar surface area (TPSA) is 29.1 Å². The molecule has 1 aromatic carbocycles. The van der Waals surface area contributed by atoms with Gasteiger partial charge in [0.25, 0.3) is 0 Å². The Morgan fingerprint density at radius 2 is 2.00 bits per heavy atom. The molecule has 0 aromatic heterocycles. The van der Waals surface area contributed by atoms with Gasteiger partial charge in [0, 0.05) is 14.8 Å². The van der Waals surface area contributed by atoms with Crippen molar-refractivity contribution in [2.24, 2.45) is 0 Å². The average molecular weight is 320 g/mol. The SMILES string of the molecule is CC(NC(=O)CSC(C)(C)C)c1ccc(Cl)cc1Cl. The van der Waals surface area contributed by atoms with Crippen molar-refractivity contribution in [3.63, 3.8) is 0 Å². The largest absolute Gasteiger partial charge is 0.349 e. The third-order valence-electron chi connectivity index (χ3n) is 2.44. The van der Waals surface area contributed by atoms with E-state index < -0.39 is 0 Å². The van der Waals surface area contributed by atoms with Gasteiger partial charge < -0.3 is 5.32 Å². The Balaban J connectivity index is 2.59. The molecule has 5 heteroatoms. The lowest BCUT2D eigenvalue weighted by Gasteiger charge is -2.19. The summed E-state index contributed by atoms with van der Waals surface area (Å²) in [6.07, 6.45) is 0. The first-order chi connectivity index (χ1) is 8.69. The molecule has 0 heterocycles. The standard InChI is InChI=1S/C14H19Cl2NOS/c1-9(11-6-5-10(15)7-12(11)16)17-13(18)8-19-14(2,3)4/h5-7,9H,8H2,1-4H3,(H,17,18). The zero-order chi connectivity index (χ0) is 14.6. The van der Waals surface area contributed by atoms with E-state index in [9.17, 15) is 4.79 Å². The maximum Gasteiger partial charge on any atom is 0.230 e. The fraction of sp³-hybridized carbons (Fsp3) is 0.500. The summed E-state index contributed by atoms with van der Waals surface area (Å²) in [5.41, 5.74) is 0.875. The summed E-state index contributed by atoms with van der Waals surface area (Å²) < 4.78 is 0.0818. The fourth-order valence-electron chi connectivity index (χ4n) is 1.50. The van der Waals surface area contributed by atoms with Crippen LogP contribution >= 0.6 is 35.0 Å². The lowest BCUT2D eigenvalue weighted by atomic mass is 10.1. The molecule has 2 nitrogen and oxygen atoms in total. The second-order valence-corrected chi connectivity index (χ2v) is 8.00. The molecule has 1 unspecified atom stereocenters. The fourth-order valence-corrected chi connectivity index (χ4v) is 2.72. The van der Waals surface area contributed by atoms with Gasteiger partial charge in [0.05, 0.1) is 11.8 Å². The summed E-state index contributed by atoms with van der Waals surface area (Å²) in [4.78, 5) is 11.9. The number of nitrogens with one attached hydrogen (secondary N) is 1. The second kappa shape index (κ2) is 6.87. The predicted molar refractivity (Wildman–Crippen MR) is 85.2 cm³/mol. The van der Waals surface area contributed by atoms with Crippen molar-refractivity contribution in [2.75, 3.05) is 5.75 Å². The maximum absolute atomic E-state index is 11.9. The van der Waals surface area contributed by atoms with Crippen molar-refractivity contribution in [1.82, 2.24) is 5.32 Å². The zero-order valence-electron chi connectivity index (χ0n) is 11.6.